The summed E-state index contributed by atoms with van der Waals surface area (Å²) in [6, 6.07) is 9.79. The van der Waals surface area contributed by atoms with Crippen molar-refractivity contribution in [2.24, 2.45) is 0 Å². The number of nitrogens with one attached hydrogen (secondary N) is 2. The molecule has 1 aromatic carbocycles. The van der Waals surface area contributed by atoms with Crippen LogP contribution in [0.2, 0.25) is 5.02 Å². The summed E-state index contributed by atoms with van der Waals surface area (Å²) in [6.07, 6.45) is 9.45. The van der Waals surface area contributed by atoms with Gasteiger partial charge in [-0.3, -0.25) is 4.98 Å². The van der Waals surface area contributed by atoms with Gasteiger partial charge in [0.25, 0.3) is 0 Å². The van der Waals surface area contributed by atoms with E-state index in [9.17, 15) is 0 Å². The van der Waals surface area contributed by atoms with Crippen LogP contribution in [0.3, 0.4) is 0 Å². The van der Waals surface area contributed by atoms with E-state index in [4.69, 9.17) is 21.3 Å². The largest absolute Gasteiger partial charge is 0.495 e. The molecule has 0 radical (unpaired) electrons. The molecule has 5 nitrogen and oxygen atoms in total. The number of aromatic nitrogens is 3. The number of rotatable bonds is 5. The van der Waals surface area contributed by atoms with Gasteiger partial charge >= 0.3 is 0 Å². The van der Waals surface area contributed by atoms with E-state index < -0.39 is 0 Å². The number of nitrogens with zero attached hydrogens (tertiary/aromatic N) is 2. The van der Waals surface area contributed by atoms with E-state index in [2.05, 4.69) is 15.3 Å². The quantitative estimate of drug-likeness (QED) is 0.623. The molecule has 0 spiro atoms. The predicted octanol–water partition coefficient (Wildman–Crippen LogP) is 5.18. The number of halogens is 1. The van der Waals surface area contributed by atoms with E-state index in [0.29, 0.717) is 10.8 Å². The highest BCUT2D eigenvalue weighted by molar-refractivity contribution is 6.32. The van der Waals surface area contributed by atoms with E-state index in [1.807, 2.05) is 37.4 Å². The van der Waals surface area contributed by atoms with E-state index in [0.717, 1.165) is 41.2 Å². The van der Waals surface area contributed by atoms with E-state index in [-0.39, 0.29) is 5.54 Å². The Morgan fingerprint density at radius 3 is 2.50 bits per heavy atom. The fraction of sp³-hybridized carbons (Fsp3) is 0.364. The number of hydrogen-bond acceptors (Lipinski definition) is 4. The maximum Gasteiger partial charge on any atom is 0.138 e. The number of methoxy groups -OCH3 is 1. The molecule has 0 atom stereocenters. The summed E-state index contributed by atoms with van der Waals surface area (Å²) >= 11 is 6.24. The van der Waals surface area contributed by atoms with Crippen molar-refractivity contribution in [3.05, 3.63) is 53.6 Å². The lowest BCUT2D eigenvalue weighted by Gasteiger charge is -2.35. The molecule has 2 N–H and O–H groups in total. The summed E-state index contributed by atoms with van der Waals surface area (Å²) in [5, 5.41) is 4.15. The number of benzene rings is 1. The molecule has 1 fully saturated rings. The molecule has 28 heavy (non-hydrogen) atoms. The van der Waals surface area contributed by atoms with Gasteiger partial charge < -0.3 is 15.0 Å². The summed E-state index contributed by atoms with van der Waals surface area (Å²) in [7, 11) is 3.66. The third-order valence-corrected chi connectivity index (χ3v) is 6.05. The monoisotopic (exact) mass is 396 g/mol. The third-order valence-electron chi connectivity index (χ3n) is 5.74. The van der Waals surface area contributed by atoms with Crippen LogP contribution < -0.4 is 10.1 Å². The Morgan fingerprint density at radius 2 is 1.82 bits per heavy atom. The molecule has 1 aliphatic rings. The molecule has 6 heteroatoms. The van der Waals surface area contributed by atoms with Crippen molar-refractivity contribution in [1.29, 1.82) is 0 Å². The fourth-order valence-electron chi connectivity index (χ4n) is 4.10. The second-order valence-corrected chi connectivity index (χ2v) is 7.69. The zero-order valence-corrected chi connectivity index (χ0v) is 17.0. The van der Waals surface area contributed by atoms with Crippen molar-refractivity contribution in [2.45, 2.75) is 37.6 Å². The molecule has 1 saturated carbocycles. The maximum atomic E-state index is 6.24. The topological polar surface area (TPSA) is 62.8 Å². The lowest BCUT2D eigenvalue weighted by atomic mass is 9.81. The van der Waals surface area contributed by atoms with Gasteiger partial charge in [-0.25, -0.2) is 4.98 Å². The Labute approximate surface area is 170 Å². The number of aromatic amines is 1. The second kappa shape index (κ2) is 7.94. The summed E-state index contributed by atoms with van der Waals surface area (Å²) in [5.41, 5.74) is 3.80. The first-order chi connectivity index (χ1) is 13.7. The fourth-order valence-corrected chi connectivity index (χ4v) is 4.30. The van der Waals surface area contributed by atoms with Crippen LogP contribution in [0, 0.1) is 0 Å². The normalized spacial score (nSPS) is 16.1. The van der Waals surface area contributed by atoms with Gasteiger partial charge in [0.15, 0.2) is 0 Å². The van der Waals surface area contributed by atoms with Gasteiger partial charge in [0.2, 0.25) is 0 Å². The van der Waals surface area contributed by atoms with Crippen LogP contribution in [-0.2, 0) is 5.54 Å². The van der Waals surface area contributed by atoms with Gasteiger partial charge in [-0.05, 0) is 44.2 Å². The van der Waals surface area contributed by atoms with E-state index in [1.54, 1.807) is 19.5 Å². The van der Waals surface area contributed by atoms with Crippen LogP contribution in [-0.4, -0.2) is 29.1 Å². The highest BCUT2D eigenvalue weighted by Gasteiger charge is 2.36. The van der Waals surface area contributed by atoms with Crippen LogP contribution >= 0.6 is 11.6 Å². The second-order valence-electron chi connectivity index (χ2n) is 7.29. The highest BCUT2D eigenvalue weighted by Crippen LogP contribution is 2.40. The molecule has 0 saturated heterocycles. The number of pyridine rings is 1. The van der Waals surface area contributed by atoms with Crippen molar-refractivity contribution in [2.75, 3.05) is 14.2 Å². The number of H-pyrrole nitrogens is 1. The van der Waals surface area contributed by atoms with Gasteiger partial charge in [0.1, 0.15) is 11.6 Å². The minimum absolute atomic E-state index is 0.116. The Hall–Kier alpha value is -2.37. The zero-order chi connectivity index (χ0) is 19.6. The molecule has 2 heterocycles. The van der Waals surface area contributed by atoms with Gasteiger partial charge in [0.05, 0.1) is 29.1 Å². The van der Waals surface area contributed by atoms with Crippen molar-refractivity contribution in [3.8, 4) is 28.3 Å². The first-order valence-corrected chi connectivity index (χ1v) is 10.1. The molecular weight excluding hydrogens is 372 g/mol. The average molecular weight is 397 g/mol. The predicted molar refractivity (Wildman–Crippen MR) is 113 cm³/mol. The molecule has 0 amide bonds. The number of imidazole rings is 1. The minimum Gasteiger partial charge on any atom is -0.495 e. The lowest BCUT2D eigenvalue weighted by molar-refractivity contribution is 0.238. The van der Waals surface area contributed by atoms with Gasteiger partial charge in [-0.1, -0.05) is 36.9 Å². The SMILES string of the molecule is CNC1(c2nc(-c3ccc(Cl)c(OC)c3)c(-c3ccncc3)[nH]2)CCCCC1. The van der Waals surface area contributed by atoms with Gasteiger partial charge in [-0.2, -0.15) is 0 Å². The Bertz CT molecular complexity index is 948. The van der Waals surface area contributed by atoms with Crippen LogP contribution in [0.25, 0.3) is 22.5 Å². The average Bonchev–Trinajstić information content (AvgIpc) is 3.21. The smallest absolute Gasteiger partial charge is 0.138 e. The molecule has 1 aliphatic carbocycles. The van der Waals surface area contributed by atoms with Crippen molar-refractivity contribution >= 4 is 11.6 Å². The van der Waals surface area contributed by atoms with Crippen molar-refractivity contribution < 1.29 is 4.74 Å². The molecule has 4 rings (SSSR count). The van der Waals surface area contributed by atoms with Gasteiger partial charge in [0, 0.05) is 23.5 Å². The molecule has 0 bridgehead atoms. The number of hydrogen-bond donors (Lipinski definition) is 2. The Kier molecular flexibility index (Phi) is 5.38. The minimum atomic E-state index is -0.116. The van der Waals surface area contributed by atoms with Crippen LogP contribution in [0.15, 0.2) is 42.7 Å². The summed E-state index contributed by atoms with van der Waals surface area (Å²) in [4.78, 5) is 12.9. The molecule has 0 unspecified atom stereocenters. The van der Waals surface area contributed by atoms with Crippen LogP contribution in [0.1, 0.15) is 37.9 Å². The standard InChI is InChI=1S/C22H25ClN4O/c1-24-22(10-4-3-5-11-22)21-26-19(15-8-12-25-13-9-15)20(27-21)16-6-7-17(23)18(14-16)28-2/h6-9,12-14,24H,3-5,10-11H2,1-2H3,(H,26,27). The molecule has 146 valence electrons. The van der Waals surface area contributed by atoms with E-state index in [1.165, 1.54) is 19.3 Å². The highest BCUT2D eigenvalue weighted by atomic mass is 35.5. The van der Waals surface area contributed by atoms with Crippen LogP contribution in [0.5, 0.6) is 5.75 Å². The van der Waals surface area contributed by atoms with Crippen molar-refractivity contribution in [1.82, 2.24) is 20.3 Å². The lowest BCUT2D eigenvalue weighted by Crippen LogP contribution is -2.42. The molecule has 0 aliphatic heterocycles. The number of ether oxygens (including phenoxy) is 1. The molecule has 3 aromatic rings. The summed E-state index contributed by atoms with van der Waals surface area (Å²) < 4.78 is 5.42. The van der Waals surface area contributed by atoms with Crippen LogP contribution in [0.4, 0.5) is 0 Å². The summed E-state index contributed by atoms with van der Waals surface area (Å²) in [6.45, 7) is 0. The maximum absolute atomic E-state index is 6.24. The molecular formula is C22H25ClN4O. The molecule has 2 aromatic heterocycles. The summed E-state index contributed by atoms with van der Waals surface area (Å²) in [5.74, 6) is 1.64. The Morgan fingerprint density at radius 1 is 1.07 bits per heavy atom. The third kappa shape index (κ3) is 3.40. The van der Waals surface area contributed by atoms with E-state index >= 15 is 0 Å². The van der Waals surface area contributed by atoms with Crippen molar-refractivity contribution in [3.63, 3.8) is 0 Å². The Balaban J connectivity index is 1.88. The first kappa shape index (κ1) is 19.0. The zero-order valence-electron chi connectivity index (χ0n) is 16.3. The first-order valence-electron chi connectivity index (χ1n) is 9.70. The van der Waals surface area contributed by atoms with Gasteiger partial charge in [-0.15, -0.1) is 0 Å².